The highest BCUT2D eigenvalue weighted by Gasteiger charge is 2.72. The minimum Gasteiger partial charge on any atom is -0.264 e. The van der Waals surface area contributed by atoms with E-state index < -0.39 is 39.6 Å². The van der Waals surface area contributed by atoms with Crippen LogP contribution in [-0.2, 0) is 9.68 Å². The van der Waals surface area contributed by atoms with Gasteiger partial charge in [-0.1, -0.05) is 0 Å². The smallest absolute Gasteiger partial charge is 0.264 e. The fourth-order valence-electron chi connectivity index (χ4n) is 2.07. The van der Waals surface area contributed by atoms with Gasteiger partial charge in [-0.05, 0) is 18.1 Å². The van der Waals surface area contributed by atoms with E-state index in [4.69, 9.17) is 9.68 Å². The first-order valence-corrected chi connectivity index (χ1v) is 5.57. The molecule has 0 amide bonds. The second kappa shape index (κ2) is 5.07. The molecule has 0 aromatic heterocycles. The number of nitro groups is 3. The predicted molar refractivity (Wildman–Crippen MR) is 58.6 cm³/mol. The van der Waals surface area contributed by atoms with Crippen LogP contribution in [0.15, 0.2) is 11.6 Å². The highest BCUT2D eigenvalue weighted by molar-refractivity contribution is 5.11. The van der Waals surface area contributed by atoms with Crippen molar-refractivity contribution in [1.82, 2.24) is 5.23 Å². The highest BCUT2D eigenvalue weighted by atomic mass is 17.0. The third kappa shape index (κ3) is 2.19. The van der Waals surface area contributed by atoms with E-state index in [-0.39, 0.29) is 18.3 Å². The first-order chi connectivity index (χ1) is 9.37. The van der Waals surface area contributed by atoms with Crippen LogP contribution in [0.5, 0.6) is 0 Å². The molecule has 0 spiro atoms. The minimum absolute atomic E-state index is 0.0938. The summed E-state index contributed by atoms with van der Waals surface area (Å²) in [5.74, 6) is -2.72. The molecule has 2 fully saturated rings. The molecule has 110 valence electrons. The molecule has 0 aliphatic carbocycles. The average Bonchev–Trinajstić information content (AvgIpc) is 2.60. The van der Waals surface area contributed by atoms with E-state index in [1.807, 2.05) is 0 Å². The average molecular weight is 290 g/mol. The maximum Gasteiger partial charge on any atom is 0.569 e. The van der Waals surface area contributed by atoms with Gasteiger partial charge >= 0.3 is 5.79 Å². The van der Waals surface area contributed by atoms with Gasteiger partial charge < -0.3 is 0 Å². The maximum atomic E-state index is 11.0. The Bertz CT molecular complexity index is 477. The number of hydrogen-bond acceptors (Lipinski definition) is 9. The van der Waals surface area contributed by atoms with Gasteiger partial charge in [-0.25, -0.2) is 0 Å². The lowest BCUT2D eigenvalue weighted by Gasteiger charge is -2.18. The lowest BCUT2D eigenvalue weighted by atomic mass is 10.0. The predicted octanol–water partition coefficient (Wildman–Crippen LogP) is -0.262. The van der Waals surface area contributed by atoms with E-state index >= 15 is 0 Å². The first kappa shape index (κ1) is 14.2. The molecule has 2 atom stereocenters. The van der Waals surface area contributed by atoms with Crippen molar-refractivity contribution in [1.29, 1.82) is 0 Å². The van der Waals surface area contributed by atoms with E-state index in [0.717, 1.165) is 0 Å². The Kier molecular flexibility index (Phi) is 3.61. The summed E-state index contributed by atoms with van der Waals surface area (Å²) in [6.45, 7) is -0.581. The molecular weight excluding hydrogens is 280 g/mol. The molecule has 0 saturated carbocycles. The van der Waals surface area contributed by atoms with Gasteiger partial charge in [-0.3, -0.25) is 40.0 Å². The fourth-order valence-corrected chi connectivity index (χ4v) is 2.07. The van der Waals surface area contributed by atoms with Gasteiger partial charge in [0.05, 0.1) is 11.8 Å². The van der Waals surface area contributed by atoms with E-state index in [0.29, 0.717) is 5.57 Å². The summed E-state index contributed by atoms with van der Waals surface area (Å²) >= 11 is 0. The third-order valence-electron chi connectivity index (χ3n) is 3.07. The number of nitrogens with zero attached hydrogens (tertiary/aromatic N) is 4. The third-order valence-corrected chi connectivity index (χ3v) is 3.07. The molecule has 0 aromatic carbocycles. The Labute approximate surface area is 110 Å². The van der Waals surface area contributed by atoms with Gasteiger partial charge in [0.1, 0.15) is 22.4 Å². The van der Waals surface area contributed by atoms with Gasteiger partial charge in [0.15, 0.2) is 0 Å². The molecule has 12 nitrogen and oxygen atoms in total. The van der Waals surface area contributed by atoms with Gasteiger partial charge in [0.2, 0.25) is 6.54 Å². The molecule has 0 radical (unpaired) electrons. The zero-order valence-corrected chi connectivity index (χ0v) is 10.0. The Morgan fingerprint density at radius 1 is 1.30 bits per heavy atom. The molecule has 12 heteroatoms. The van der Waals surface area contributed by atoms with Crippen LogP contribution < -0.4 is 0 Å². The van der Waals surface area contributed by atoms with Crippen molar-refractivity contribution >= 4 is 0 Å². The van der Waals surface area contributed by atoms with Crippen LogP contribution >= 0.6 is 0 Å². The summed E-state index contributed by atoms with van der Waals surface area (Å²) in [4.78, 5) is 39.6. The van der Waals surface area contributed by atoms with Gasteiger partial charge in [0, 0.05) is 4.92 Å². The maximum absolute atomic E-state index is 11.0. The van der Waals surface area contributed by atoms with Crippen molar-refractivity contribution < 1.29 is 24.4 Å². The number of hydrogen-bond donors (Lipinski definition) is 0. The molecule has 2 rings (SSSR count). The van der Waals surface area contributed by atoms with E-state index in [1.165, 1.54) is 6.08 Å². The molecule has 2 unspecified atom stereocenters. The number of hydroxylamine groups is 2. The number of fused-ring (bicyclic) bond motifs is 2. The van der Waals surface area contributed by atoms with Crippen molar-refractivity contribution in [2.24, 2.45) is 0 Å². The summed E-state index contributed by atoms with van der Waals surface area (Å²) in [6, 6.07) is 0. The van der Waals surface area contributed by atoms with Crippen LogP contribution in [0.25, 0.3) is 0 Å². The Balaban J connectivity index is 2.30. The fraction of sp³-hybridized carbons (Fsp3) is 0.750. The van der Waals surface area contributed by atoms with Gasteiger partial charge in [-0.2, -0.15) is 0 Å². The SMILES string of the molecule is O=[N+]([O-])CC=C1CCON2OC1CC2([N+](=O)[O-])[N+](=O)[O-]. The van der Waals surface area contributed by atoms with Crippen molar-refractivity contribution in [3.05, 3.63) is 42.0 Å². The summed E-state index contributed by atoms with van der Waals surface area (Å²) in [6.07, 6.45) is -0.0573. The summed E-state index contributed by atoms with van der Waals surface area (Å²) in [5, 5.41) is 32.7. The van der Waals surface area contributed by atoms with E-state index in [9.17, 15) is 30.3 Å². The monoisotopic (exact) mass is 290 g/mol. The summed E-state index contributed by atoms with van der Waals surface area (Å²) in [5.41, 5.74) is 0.384. The van der Waals surface area contributed by atoms with Gasteiger partial charge in [0.25, 0.3) is 0 Å². The van der Waals surface area contributed by atoms with Crippen LogP contribution in [0, 0.1) is 30.3 Å². The lowest BCUT2D eigenvalue weighted by molar-refractivity contribution is -0.851. The van der Waals surface area contributed by atoms with E-state index in [1.54, 1.807) is 0 Å². The molecular formula is C8H10N4O8. The standard InChI is InChI=1S/C8H10N4O8/c13-9(14)3-1-6-2-4-19-12-8(10(15)16,11(17)18)5-7(6)20-12/h1,7H,2-5H2. The molecule has 2 saturated heterocycles. The van der Waals surface area contributed by atoms with Gasteiger partial charge in [-0.15, -0.1) is 0 Å². The van der Waals surface area contributed by atoms with Crippen LogP contribution in [0.4, 0.5) is 0 Å². The summed E-state index contributed by atoms with van der Waals surface area (Å²) in [7, 11) is 0. The molecule has 0 aromatic rings. The Hall–Kier alpha value is -2.18. The molecule has 2 bridgehead atoms. The van der Waals surface area contributed by atoms with Crippen LogP contribution in [0.3, 0.4) is 0 Å². The highest BCUT2D eigenvalue weighted by Crippen LogP contribution is 2.39. The van der Waals surface area contributed by atoms with Crippen molar-refractivity contribution in [2.45, 2.75) is 24.7 Å². The second-order valence-electron chi connectivity index (χ2n) is 4.22. The quantitative estimate of drug-likeness (QED) is 0.295. The van der Waals surface area contributed by atoms with Crippen molar-refractivity contribution in [3.63, 3.8) is 0 Å². The van der Waals surface area contributed by atoms with Crippen molar-refractivity contribution in [3.8, 4) is 0 Å². The van der Waals surface area contributed by atoms with Crippen LogP contribution in [0.2, 0.25) is 0 Å². The molecule has 2 aliphatic rings. The Morgan fingerprint density at radius 2 is 1.95 bits per heavy atom. The molecule has 0 N–H and O–H groups in total. The first-order valence-electron chi connectivity index (χ1n) is 5.57. The minimum atomic E-state index is -2.72. The molecule has 2 aliphatic heterocycles. The normalized spacial score (nSPS) is 29.9. The Morgan fingerprint density at radius 3 is 2.50 bits per heavy atom. The molecule has 20 heavy (non-hydrogen) atoms. The largest absolute Gasteiger partial charge is 0.569 e. The topological polar surface area (TPSA) is 151 Å². The van der Waals surface area contributed by atoms with Crippen LogP contribution in [0.1, 0.15) is 12.8 Å². The van der Waals surface area contributed by atoms with Crippen molar-refractivity contribution in [2.75, 3.05) is 13.2 Å². The van der Waals surface area contributed by atoms with E-state index in [2.05, 4.69) is 0 Å². The second-order valence-corrected chi connectivity index (χ2v) is 4.22. The zero-order chi connectivity index (χ0) is 14.9. The van der Waals surface area contributed by atoms with Crippen LogP contribution in [-0.4, -0.2) is 45.0 Å². The zero-order valence-electron chi connectivity index (χ0n) is 10.0. The number of rotatable bonds is 4. The lowest BCUT2D eigenvalue weighted by Crippen LogP contribution is -2.56. The summed E-state index contributed by atoms with van der Waals surface area (Å²) < 4.78 is 0. The molecule has 2 heterocycles.